The summed E-state index contributed by atoms with van der Waals surface area (Å²) in [5.74, 6) is 0.955. The Bertz CT molecular complexity index is 268. The van der Waals surface area contributed by atoms with E-state index >= 15 is 0 Å². The molecule has 84 valence electrons. The first-order valence-electron chi connectivity index (χ1n) is 6.00. The molecule has 2 unspecified atom stereocenters. The van der Waals surface area contributed by atoms with Gasteiger partial charge in [-0.15, -0.1) is 0 Å². The van der Waals surface area contributed by atoms with Gasteiger partial charge in [0.2, 0.25) is 0 Å². The Balaban J connectivity index is 1.78. The molecule has 0 bridgehead atoms. The van der Waals surface area contributed by atoms with Gasteiger partial charge >= 0.3 is 0 Å². The maximum atomic E-state index is 3.80. The normalized spacial score (nSPS) is 27.5. The standard InChI is InChI=1S/C13H19BrS/c14-13-4-2-1-3-11(9-13)5-6-12-7-8-15-10-12/h7-8,10-11,13H,1-6,9H2. The first-order valence-corrected chi connectivity index (χ1v) is 7.85. The Morgan fingerprint density at radius 1 is 1.33 bits per heavy atom. The number of hydrogen-bond acceptors (Lipinski definition) is 1. The minimum absolute atomic E-state index is 0.785. The summed E-state index contributed by atoms with van der Waals surface area (Å²) in [5, 5.41) is 4.48. The second-order valence-corrected chi connectivity index (χ2v) is 6.73. The Morgan fingerprint density at radius 3 is 3.00 bits per heavy atom. The van der Waals surface area contributed by atoms with E-state index in [0.29, 0.717) is 0 Å². The molecule has 1 aliphatic rings. The molecule has 1 saturated carbocycles. The maximum Gasteiger partial charge on any atom is 0.0148 e. The van der Waals surface area contributed by atoms with E-state index in [0.717, 1.165) is 10.7 Å². The minimum atomic E-state index is 0.785. The number of halogens is 1. The molecule has 1 aromatic rings. The highest BCUT2D eigenvalue weighted by Gasteiger charge is 2.17. The van der Waals surface area contributed by atoms with Crippen LogP contribution in [0.4, 0.5) is 0 Å². The van der Waals surface area contributed by atoms with Crippen molar-refractivity contribution in [3.63, 3.8) is 0 Å². The molecule has 2 rings (SSSR count). The summed E-state index contributed by atoms with van der Waals surface area (Å²) in [7, 11) is 0. The van der Waals surface area contributed by atoms with E-state index in [1.807, 2.05) is 11.3 Å². The van der Waals surface area contributed by atoms with Crippen molar-refractivity contribution in [2.45, 2.75) is 49.8 Å². The summed E-state index contributed by atoms with van der Waals surface area (Å²) in [6.07, 6.45) is 9.76. The number of thiophene rings is 1. The number of hydrogen-bond donors (Lipinski definition) is 0. The van der Waals surface area contributed by atoms with E-state index in [2.05, 4.69) is 32.8 Å². The van der Waals surface area contributed by atoms with Crippen molar-refractivity contribution in [1.29, 1.82) is 0 Å². The van der Waals surface area contributed by atoms with Gasteiger partial charge in [-0.2, -0.15) is 11.3 Å². The summed E-state index contributed by atoms with van der Waals surface area (Å²) >= 11 is 5.62. The predicted molar refractivity (Wildman–Crippen MR) is 71.9 cm³/mol. The molecular weight excluding hydrogens is 268 g/mol. The molecule has 0 spiro atoms. The van der Waals surface area contributed by atoms with Crippen LogP contribution in [0.2, 0.25) is 0 Å². The molecule has 0 saturated heterocycles. The zero-order chi connectivity index (χ0) is 10.5. The molecule has 1 aromatic heterocycles. The highest BCUT2D eigenvalue weighted by molar-refractivity contribution is 9.09. The first kappa shape index (κ1) is 11.7. The Morgan fingerprint density at radius 2 is 2.20 bits per heavy atom. The lowest BCUT2D eigenvalue weighted by molar-refractivity contribution is 0.433. The Kier molecular flexibility index (Phi) is 4.70. The minimum Gasteiger partial charge on any atom is -0.152 e. The molecule has 0 radical (unpaired) electrons. The highest BCUT2D eigenvalue weighted by atomic mass is 79.9. The van der Waals surface area contributed by atoms with Crippen molar-refractivity contribution in [1.82, 2.24) is 0 Å². The van der Waals surface area contributed by atoms with Crippen molar-refractivity contribution < 1.29 is 0 Å². The van der Waals surface area contributed by atoms with E-state index in [1.165, 1.54) is 50.5 Å². The molecule has 2 heteroatoms. The van der Waals surface area contributed by atoms with Crippen molar-refractivity contribution in [3.05, 3.63) is 22.4 Å². The van der Waals surface area contributed by atoms with Crippen LogP contribution in [0, 0.1) is 5.92 Å². The van der Waals surface area contributed by atoms with E-state index in [4.69, 9.17) is 0 Å². The second-order valence-electron chi connectivity index (χ2n) is 4.65. The molecule has 2 atom stereocenters. The maximum absolute atomic E-state index is 3.80. The van der Waals surface area contributed by atoms with Crippen LogP contribution in [0.15, 0.2) is 16.8 Å². The van der Waals surface area contributed by atoms with Gasteiger partial charge in [0.1, 0.15) is 0 Å². The lowest BCUT2D eigenvalue weighted by atomic mass is 9.93. The first-order chi connectivity index (χ1) is 7.34. The van der Waals surface area contributed by atoms with Gasteiger partial charge < -0.3 is 0 Å². The molecule has 0 aromatic carbocycles. The summed E-state index contributed by atoms with van der Waals surface area (Å²) in [4.78, 5) is 0.785. The van der Waals surface area contributed by atoms with Crippen molar-refractivity contribution in [2.75, 3.05) is 0 Å². The van der Waals surface area contributed by atoms with Gasteiger partial charge in [-0.05, 0) is 54.0 Å². The van der Waals surface area contributed by atoms with Crippen LogP contribution < -0.4 is 0 Å². The van der Waals surface area contributed by atoms with E-state index in [9.17, 15) is 0 Å². The summed E-state index contributed by atoms with van der Waals surface area (Å²) in [5.41, 5.74) is 1.54. The SMILES string of the molecule is BrC1CCCCC(CCc2ccsc2)C1. The van der Waals surface area contributed by atoms with Crippen LogP contribution in [0.5, 0.6) is 0 Å². The van der Waals surface area contributed by atoms with Gasteiger partial charge in [0.15, 0.2) is 0 Å². The fourth-order valence-electron chi connectivity index (χ4n) is 2.46. The van der Waals surface area contributed by atoms with Gasteiger partial charge in [-0.1, -0.05) is 35.2 Å². The quantitative estimate of drug-likeness (QED) is 0.540. The fraction of sp³-hybridized carbons (Fsp3) is 0.692. The lowest BCUT2D eigenvalue weighted by Gasteiger charge is -2.15. The lowest BCUT2D eigenvalue weighted by Crippen LogP contribution is -2.06. The average molecular weight is 287 g/mol. The molecular formula is C13H19BrS. The Hall–Kier alpha value is 0.180. The van der Waals surface area contributed by atoms with Crippen LogP contribution in [0.25, 0.3) is 0 Å². The van der Waals surface area contributed by atoms with E-state index < -0.39 is 0 Å². The van der Waals surface area contributed by atoms with Crippen LogP contribution in [0.3, 0.4) is 0 Å². The molecule has 1 fully saturated rings. The molecule has 15 heavy (non-hydrogen) atoms. The largest absolute Gasteiger partial charge is 0.152 e. The van der Waals surface area contributed by atoms with E-state index in [-0.39, 0.29) is 0 Å². The summed E-state index contributed by atoms with van der Waals surface area (Å²) in [6.45, 7) is 0. The third-order valence-electron chi connectivity index (χ3n) is 3.39. The van der Waals surface area contributed by atoms with Gasteiger partial charge in [0, 0.05) is 4.83 Å². The summed E-state index contributed by atoms with van der Waals surface area (Å²) < 4.78 is 0. The number of rotatable bonds is 3. The zero-order valence-electron chi connectivity index (χ0n) is 9.12. The van der Waals surface area contributed by atoms with Crippen LogP contribution in [-0.4, -0.2) is 4.83 Å². The van der Waals surface area contributed by atoms with Crippen LogP contribution >= 0.6 is 27.3 Å². The van der Waals surface area contributed by atoms with Gasteiger partial charge in [0.25, 0.3) is 0 Å². The monoisotopic (exact) mass is 286 g/mol. The van der Waals surface area contributed by atoms with Crippen molar-refractivity contribution >= 4 is 27.3 Å². The number of aryl methyl sites for hydroxylation is 1. The van der Waals surface area contributed by atoms with Gasteiger partial charge in [-0.25, -0.2) is 0 Å². The van der Waals surface area contributed by atoms with E-state index in [1.54, 1.807) is 0 Å². The van der Waals surface area contributed by atoms with Crippen molar-refractivity contribution in [2.24, 2.45) is 5.92 Å². The molecule has 0 nitrogen and oxygen atoms in total. The van der Waals surface area contributed by atoms with Gasteiger partial charge in [0.05, 0.1) is 0 Å². The molecule has 1 heterocycles. The third kappa shape index (κ3) is 3.92. The fourth-order valence-corrected chi connectivity index (χ4v) is 4.02. The average Bonchev–Trinajstić information content (AvgIpc) is 2.65. The van der Waals surface area contributed by atoms with Gasteiger partial charge in [-0.3, -0.25) is 0 Å². The topological polar surface area (TPSA) is 0 Å². The second kappa shape index (κ2) is 6.05. The summed E-state index contributed by atoms with van der Waals surface area (Å²) in [6, 6.07) is 2.27. The third-order valence-corrected chi connectivity index (χ3v) is 4.95. The molecule has 1 aliphatic carbocycles. The Labute approximate surface area is 105 Å². The predicted octanol–water partition coefficient (Wildman–Crippen LogP) is 5.02. The zero-order valence-corrected chi connectivity index (χ0v) is 11.5. The molecule has 0 aliphatic heterocycles. The van der Waals surface area contributed by atoms with Crippen LogP contribution in [0.1, 0.15) is 44.1 Å². The van der Waals surface area contributed by atoms with Crippen molar-refractivity contribution in [3.8, 4) is 0 Å². The highest BCUT2D eigenvalue weighted by Crippen LogP contribution is 2.30. The van der Waals surface area contributed by atoms with Crippen LogP contribution in [-0.2, 0) is 6.42 Å². The molecule has 0 N–H and O–H groups in total. The number of alkyl halides is 1. The smallest absolute Gasteiger partial charge is 0.0148 e. The molecule has 0 amide bonds.